The fourth-order valence-electron chi connectivity index (χ4n) is 1.77. The maximum atomic E-state index is 5.79. The van der Waals surface area contributed by atoms with Gasteiger partial charge in [0, 0.05) is 24.5 Å². The molecule has 0 spiro atoms. The monoisotopic (exact) mass is 221 g/mol. The zero-order valence-corrected chi connectivity index (χ0v) is 10.6. The molecule has 0 unspecified atom stereocenters. The van der Waals surface area contributed by atoms with Gasteiger partial charge in [0.25, 0.3) is 0 Å². The summed E-state index contributed by atoms with van der Waals surface area (Å²) in [7, 11) is 4.22. The second-order valence-corrected chi connectivity index (χ2v) is 4.33. The lowest BCUT2D eigenvalue weighted by atomic mass is 10.2. The van der Waals surface area contributed by atoms with Crippen molar-refractivity contribution in [1.29, 1.82) is 0 Å². The SMILES string of the molecule is CCN(CCCN(C)C)c1cccc(N)c1. The van der Waals surface area contributed by atoms with Crippen LogP contribution >= 0.6 is 0 Å². The van der Waals surface area contributed by atoms with E-state index in [1.807, 2.05) is 18.2 Å². The molecule has 0 saturated carbocycles. The number of nitrogen functional groups attached to an aromatic ring is 1. The molecule has 1 aromatic carbocycles. The van der Waals surface area contributed by atoms with Gasteiger partial charge < -0.3 is 15.5 Å². The molecule has 0 amide bonds. The Morgan fingerprint density at radius 1 is 1.19 bits per heavy atom. The number of hydrogen-bond donors (Lipinski definition) is 1. The van der Waals surface area contributed by atoms with Crippen LogP contribution in [0, 0.1) is 0 Å². The average Bonchev–Trinajstić information content (AvgIpc) is 2.24. The first-order valence-corrected chi connectivity index (χ1v) is 5.88. The van der Waals surface area contributed by atoms with E-state index in [1.54, 1.807) is 0 Å². The zero-order valence-electron chi connectivity index (χ0n) is 10.6. The van der Waals surface area contributed by atoms with Crippen molar-refractivity contribution >= 4 is 11.4 Å². The molecule has 16 heavy (non-hydrogen) atoms. The first-order valence-electron chi connectivity index (χ1n) is 5.88. The van der Waals surface area contributed by atoms with Crippen LogP contribution in [-0.2, 0) is 0 Å². The minimum absolute atomic E-state index is 0.837. The summed E-state index contributed by atoms with van der Waals surface area (Å²) in [6, 6.07) is 8.10. The molecule has 0 aliphatic carbocycles. The van der Waals surface area contributed by atoms with Crippen LogP contribution in [0.2, 0.25) is 0 Å². The van der Waals surface area contributed by atoms with Gasteiger partial charge in [-0.25, -0.2) is 0 Å². The minimum Gasteiger partial charge on any atom is -0.399 e. The normalized spacial score (nSPS) is 10.8. The van der Waals surface area contributed by atoms with Gasteiger partial charge in [0.1, 0.15) is 0 Å². The lowest BCUT2D eigenvalue weighted by molar-refractivity contribution is 0.400. The van der Waals surface area contributed by atoms with E-state index in [4.69, 9.17) is 5.73 Å². The molecular formula is C13H23N3. The Labute approximate surface area is 98.8 Å². The molecule has 2 N–H and O–H groups in total. The van der Waals surface area contributed by atoms with Crippen molar-refractivity contribution in [2.45, 2.75) is 13.3 Å². The number of benzene rings is 1. The molecule has 0 atom stereocenters. The first kappa shape index (κ1) is 12.8. The summed E-state index contributed by atoms with van der Waals surface area (Å²) in [5.74, 6) is 0. The highest BCUT2D eigenvalue weighted by Gasteiger charge is 2.04. The second kappa shape index (κ2) is 6.38. The van der Waals surface area contributed by atoms with E-state index in [9.17, 15) is 0 Å². The summed E-state index contributed by atoms with van der Waals surface area (Å²) >= 11 is 0. The van der Waals surface area contributed by atoms with E-state index < -0.39 is 0 Å². The number of nitrogens with two attached hydrogens (primary N) is 1. The Kier molecular flexibility index (Phi) is 5.12. The molecular weight excluding hydrogens is 198 g/mol. The molecule has 1 rings (SSSR count). The molecule has 90 valence electrons. The van der Waals surface area contributed by atoms with E-state index in [1.165, 1.54) is 12.1 Å². The summed E-state index contributed by atoms with van der Waals surface area (Å²) in [6.45, 7) is 5.41. The molecule has 0 aliphatic rings. The summed E-state index contributed by atoms with van der Waals surface area (Å²) in [5.41, 5.74) is 7.85. The summed E-state index contributed by atoms with van der Waals surface area (Å²) in [5, 5.41) is 0. The molecule has 0 saturated heterocycles. The van der Waals surface area contributed by atoms with Crippen LogP contribution in [0.4, 0.5) is 11.4 Å². The molecule has 0 radical (unpaired) electrons. The Hall–Kier alpha value is -1.22. The maximum absolute atomic E-state index is 5.79. The first-order chi connectivity index (χ1) is 7.63. The Morgan fingerprint density at radius 3 is 2.50 bits per heavy atom. The van der Waals surface area contributed by atoms with E-state index in [-0.39, 0.29) is 0 Å². The van der Waals surface area contributed by atoms with Crippen LogP contribution in [-0.4, -0.2) is 38.6 Å². The highest BCUT2D eigenvalue weighted by atomic mass is 15.1. The smallest absolute Gasteiger partial charge is 0.0386 e. The van der Waals surface area contributed by atoms with Crippen LogP contribution in [0.1, 0.15) is 13.3 Å². The Balaban J connectivity index is 2.53. The van der Waals surface area contributed by atoms with Gasteiger partial charge in [0.2, 0.25) is 0 Å². The minimum atomic E-state index is 0.837. The van der Waals surface area contributed by atoms with Gasteiger partial charge >= 0.3 is 0 Å². The maximum Gasteiger partial charge on any atom is 0.0386 e. The van der Waals surface area contributed by atoms with Crippen molar-refractivity contribution in [3.63, 3.8) is 0 Å². The molecule has 0 fully saturated rings. The van der Waals surface area contributed by atoms with Crippen LogP contribution in [0.25, 0.3) is 0 Å². The molecule has 3 heteroatoms. The zero-order chi connectivity index (χ0) is 12.0. The third-order valence-electron chi connectivity index (χ3n) is 2.65. The Morgan fingerprint density at radius 2 is 1.94 bits per heavy atom. The molecule has 1 aromatic rings. The van der Waals surface area contributed by atoms with Crippen molar-refractivity contribution in [3.05, 3.63) is 24.3 Å². The third kappa shape index (κ3) is 4.11. The predicted octanol–water partition coefficient (Wildman–Crippen LogP) is 2.05. The molecule has 0 aromatic heterocycles. The lowest BCUT2D eigenvalue weighted by Gasteiger charge is -2.24. The molecule has 0 aliphatic heterocycles. The van der Waals surface area contributed by atoms with Gasteiger partial charge in [0.15, 0.2) is 0 Å². The highest BCUT2D eigenvalue weighted by Crippen LogP contribution is 2.17. The highest BCUT2D eigenvalue weighted by molar-refractivity contribution is 5.55. The van der Waals surface area contributed by atoms with Crippen molar-refractivity contribution in [2.24, 2.45) is 0 Å². The number of anilines is 2. The van der Waals surface area contributed by atoms with Gasteiger partial charge in [-0.2, -0.15) is 0 Å². The second-order valence-electron chi connectivity index (χ2n) is 4.33. The number of nitrogens with zero attached hydrogens (tertiary/aromatic N) is 2. The van der Waals surface area contributed by atoms with Crippen molar-refractivity contribution in [2.75, 3.05) is 44.4 Å². The summed E-state index contributed by atoms with van der Waals surface area (Å²) in [6.07, 6.45) is 1.18. The molecule has 0 heterocycles. The van der Waals surface area contributed by atoms with Crippen LogP contribution in [0.15, 0.2) is 24.3 Å². The largest absolute Gasteiger partial charge is 0.399 e. The van der Waals surface area contributed by atoms with E-state index >= 15 is 0 Å². The van der Waals surface area contributed by atoms with Crippen LogP contribution in [0.5, 0.6) is 0 Å². The van der Waals surface area contributed by atoms with Gasteiger partial charge in [-0.15, -0.1) is 0 Å². The fourth-order valence-corrected chi connectivity index (χ4v) is 1.77. The van der Waals surface area contributed by atoms with E-state index in [2.05, 4.69) is 36.9 Å². The van der Waals surface area contributed by atoms with Crippen molar-refractivity contribution in [3.8, 4) is 0 Å². The van der Waals surface area contributed by atoms with Gasteiger partial charge in [-0.1, -0.05) is 6.07 Å². The van der Waals surface area contributed by atoms with Gasteiger partial charge in [-0.05, 0) is 52.2 Å². The van der Waals surface area contributed by atoms with E-state index in [0.29, 0.717) is 0 Å². The Bertz CT molecular complexity index is 310. The van der Waals surface area contributed by atoms with Crippen molar-refractivity contribution < 1.29 is 0 Å². The number of hydrogen-bond acceptors (Lipinski definition) is 3. The summed E-state index contributed by atoms with van der Waals surface area (Å²) in [4.78, 5) is 4.58. The third-order valence-corrected chi connectivity index (χ3v) is 2.65. The number of rotatable bonds is 6. The molecule has 3 nitrogen and oxygen atoms in total. The van der Waals surface area contributed by atoms with Crippen LogP contribution in [0.3, 0.4) is 0 Å². The quantitative estimate of drug-likeness (QED) is 0.746. The predicted molar refractivity (Wildman–Crippen MR) is 71.9 cm³/mol. The lowest BCUT2D eigenvalue weighted by Crippen LogP contribution is -2.27. The van der Waals surface area contributed by atoms with Gasteiger partial charge in [0.05, 0.1) is 0 Å². The molecule has 0 bridgehead atoms. The summed E-state index contributed by atoms with van der Waals surface area (Å²) < 4.78 is 0. The van der Waals surface area contributed by atoms with E-state index in [0.717, 1.165) is 25.3 Å². The topological polar surface area (TPSA) is 32.5 Å². The van der Waals surface area contributed by atoms with Crippen molar-refractivity contribution in [1.82, 2.24) is 4.90 Å². The standard InChI is InChI=1S/C13H23N3/c1-4-16(10-6-9-15(2)3)13-8-5-7-12(14)11-13/h5,7-8,11H,4,6,9-10,14H2,1-3H3. The van der Waals surface area contributed by atoms with Gasteiger partial charge in [-0.3, -0.25) is 0 Å². The average molecular weight is 221 g/mol. The van der Waals surface area contributed by atoms with Crippen LogP contribution < -0.4 is 10.6 Å². The fraction of sp³-hybridized carbons (Fsp3) is 0.538.